The Morgan fingerprint density at radius 1 is 1.18 bits per heavy atom. The first-order chi connectivity index (χ1) is 16.4. The molecule has 0 atom stereocenters. The summed E-state index contributed by atoms with van der Waals surface area (Å²) in [6, 6.07) is 13.0. The zero-order valence-corrected chi connectivity index (χ0v) is 19.4. The zero-order chi connectivity index (χ0) is 24.5. The van der Waals surface area contributed by atoms with E-state index in [1.807, 2.05) is 29.7 Å². The van der Waals surface area contributed by atoms with Gasteiger partial charge in [0.05, 0.1) is 10.7 Å². The second-order valence-electron chi connectivity index (χ2n) is 7.26. The van der Waals surface area contributed by atoms with Crippen molar-refractivity contribution in [2.45, 2.75) is 25.0 Å². The highest BCUT2D eigenvalue weighted by atomic mass is 32.2. The molecule has 1 heterocycles. The third kappa shape index (κ3) is 6.51. The molecule has 0 unspecified atom stereocenters. The molecule has 3 rings (SSSR count). The summed E-state index contributed by atoms with van der Waals surface area (Å²) in [4.78, 5) is 34.9. The molecule has 2 aromatic carbocycles. The molecule has 1 aromatic heterocycles. The number of allylic oxidation sites excluding steroid dienone is 1. The van der Waals surface area contributed by atoms with Gasteiger partial charge in [-0.05, 0) is 30.7 Å². The predicted octanol–water partition coefficient (Wildman–Crippen LogP) is 3.38. The SMILES string of the molecule is C=CCn1c(CCNC(=O)c2ccccc2C)nnc1SCC(=O)Nc1ccc([N+](=O)[O-])cc1. The molecule has 0 saturated heterocycles. The van der Waals surface area contributed by atoms with Crippen molar-refractivity contribution in [3.63, 3.8) is 0 Å². The van der Waals surface area contributed by atoms with Gasteiger partial charge in [0.15, 0.2) is 5.16 Å². The van der Waals surface area contributed by atoms with Gasteiger partial charge in [0.2, 0.25) is 5.91 Å². The van der Waals surface area contributed by atoms with E-state index in [4.69, 9.17) is 0 Å². The number of non-ortho nitro benzene ring substituents is 1. The number of benzene rings is 2. The average molecular weight is 481 g/mol. The van der Waals surface area contributed by atoms with Gasteiger partial charge in [0.25, 0.3) is 11.6 Å². The Balaban J connectivity index is 1.55. The Labute approximate surface area is 200 Å². The van der Waals surface area contributed by atoms with Crippen molar-refractivity contribution < 1.29 is 14.5 Å². The molecule has 0 aliphatic carbocycles. The number of nitrogens with zero attached hydrogens (tertiary/aromatic N) is 4. The van der Waals surface area contributed by atoms with Crippen molar-refractivity contribution in [2.24, 2.45) is 0 Å². The summed E-state index contributed by atoms with van der Waals surface area (Å²) in [6.45, 7) is 6.49. The number of aromatic nitrogens is 3. The van der Waals surface area contributed by atoms with E-state index in [1.165, 1.54) is 36.0 Å². The van der Waals surface area contributed by atoms with Gasteiger partial charge >= 0.3 is 0 Å². The lowest BCUT2D eigenvalue weighted by atomic mass is 10.1. The van der Waals surface area contributed by atoms with Crippen LogP contribution in [0.1, 0.15) is 21.7 Å². The van der Waals surface area contributed by atoms with Gasteiger partial charge < -0.3 is 15.2 Å². The van der Waals surface area contributed by atoms with Crippen molar-refractivity contribution >= 4 is 35.0 Å². The summed E-state index contributed by atoms with van der Waals surface area (Å²) in [7, 11) is 0. The van der Waals surface area contributed by atoms with Crippen molar-refractivity contribution in [1.29, 1.82) is 0 Å². The Morgan fingerprint density at radius 2 is 1.91 bits per heavy atom. The summed E-state index contributed by atoms with van der Waals surface area (Å²) in [5.74, 6) is 0.323. The molecule has 11 heteroatoms. The molecule has 2 amide bonds. The number of carbonyl (C=O) groups is 2. The molecule has 176 valence electrons. The summed E-state index contributed by atoms with van der Waals surface area (Å²) < 4.78 is 1.84. The van der Waals surface area contributed by atoms with Gasteiger partial charge in [0, 0.05) is 42.9 Å². The lowest BCUT2D eigenvalue weighted by molar-refractivity contribution is -0.384. The number of rotatable bonds is 11. The molecule has 34 heavy (non-hydrogen) atoms. The van der Waals surface area contributed by atoms with Crippen LogP contribution >= 0.6 is 11.8 Å². The van der Waals surface area contributed by atoms with E-state index in [2.05, 4.69) is 27.4 Å². The largest absolute Gasteiger partial charge is 0.352 e. The third-order valence-electron chi connectivity index (χ3n) is 4.82. The minimum atomic E-state index is -0.500. The molecular formula is C23H24N6O4S. The number of carbonyl (C=O) groups excluding carboxylic acids is 2. The zero-order valence-electron chi connectivity index (χ0n) is 18.6. The average Bonchev–Trinajstić information content (AvgIpc) is 3.20. The number of nitro groups is 1. The van der Waals surface area contributed by atoms with E-state index < -0.39 is 4.92 Å². The highest BCUT2D eigenvalue weighted by Crippen LogP contribution is 2.19. The van der Waals surface area contributed by atoms with Gasteiger partial charge in [-0.2, -0.15) is 0 Å². The van der Waals surface area contributed by atoms with Crippen molar-refractivity contribution in [3.8, 4) is 0 Å². The van der Waals surface area contributed by atoms with Crippen LogP contribution in [0, 0.1) is 17.0 Å². The summed E-state index contributed by atoms with van der Waals surface area (Å²) in [5.41, 5.74) is 1.95. The number of anilines is 1. The molecule has 2 N–H and O–H groups in total. The van der Waals surface area contributed by atoms with E-state index in [-0.39, 0.29) is 23.3 Å². The fraction of sp³-hybridized carbons (Fsp3) is 0.217. The number of hydrogen-bond acceptors (Lipinski definition) is 7. The van der Waals surface area contributed by atoms with Crippen molar-refractivity contribution in [2.75, 3.05) is 17.6 Å². The fourth-order valence-corrected chi connectivity index (χ4v) is 3.89. The minimum Gasteiger partial charge on any atom is -0.352 e. The van der Waals surface area contributed by atoms with Crippen molar-refractivity contribution in [1.82, 2.24) is 20.1 Å². The fourth-order valence-electron chi connectivity index (χ4n) is 3.13. The van der Waals surface area contributed by atoms with Gasteiger partial charge in [-0.25, -0.2) is 0 Å². The molecule has 0 spiro atoms. The van der Waals surface area contributed by atoms with Crippen LogP contribution in [0.3, 0.4) is 0 Å². The molecule has 0 saturated carbocycles. The standard InChI is InChI=1S/C23H24N6O4S/c1-3-14-28-20(12-13-24-22(31)19-7-5-4-6-16(19)2)26-27-23(28)34-15-21(30)25-17-8-10-18(11-9-17)29(32)33/h3-11H,1,12-15H2,2H3,(H,24,31)(H,25,30). The number of nitrogens with one attached hydrogen (secondary N) is 2. The van der Waals surface area contributed by atoms with E-state index in [0.29, 0.717) is 41.7 Å². The Hall–Kier alpha value is -3.99. The maximum atomic E-state index is 12.4. The van der Waals surface area contributed by atoms with Crippen LogP contribution < -0.4 is 10.6 Å². The van der Waals surface area contributed by atoms with Gasteiger partial charge in [0.1, 0.15) is 5.82 Å². The van der Waals surface area contributed by atoms with E-state index in [1.54, 1.807) is 12.1 Å². The third-order valence-corrected chi connectivity index (χ3v) is 5.79. The second kappa shape index (κ2) is 11.8. The first-order valence-electron chi connectivity index (χ1n) is 10.4. The van der Waals surface area contributed by atoms with E-state index in [0.717, 1.165) is 5.56 Å². The Morgan fingerprint density at radius 3 is 2.59 bits per heavy atom. The van der Waals surface area contributed by atoms with Gasteiger partial charge in [-0.15, -0.1) is 16.8 Å². The van der Waals surface area contributed by atoms with Crippen LogP contribution in [0.15, 0.2) is 66.3 Å². The quantitative estimate of drug-likeness (QED) is 0.186. The molecule has 0 aliphatic heterocycles. The summed E-state index contributed by atoms with van der Waals surface area (Å²) >= 11 is 1.22. The molecule has 0 fully saturated rings. The van der Waals surface area contributed by atoms with E-state index in [9.17, 15) is 19.7 Å². The minimum absolute atomic E-state index is 0.0486. The number of aryl methyl sites for hydroxylation is 1. The second-order valence-corrected chi connectivity index (χ2v) is 8.20. The maximum Gasteiger partial charge on any atom is 0.269 e. The molecular weight excluding hydrogens is 456 g/mol. The summed E-state index contributed by atoms with van der Waals surface area (Å²) in [5, 5.41) is 25.3. The number of thioether (sulfide) groups is 1. The lowest BCUT2D eigenvalue weighted by Crippen LogP contribution is -2.27. The van der Waals surface area contributed by atoms with E-state index >= 15 is 0 Å². The summed E-state index contributed by atoms with van der Waals surface area (Å²) in [6.07, 6.45) is 2.17. The topological polar surface area (TPSA) is 132 Å². The lowest BCUT2D eigenvalue weighted by Gasteiger charge is -2.09. The van der Waals surface area contributed by atoms with Gasteiger partial charge in [-0.1, -0.05) is 36.0 Å². The van der Waals surface area contributed by atoms with Crippen LogP contribution in [-0.4, -0.2) is 43.8 Å². The highest BCUT2D eigenvalue weighted by molar-refractivity contribution is 7.99. The first kappa shape index (κ1) is 24.6. The van der Waals surface area contributed by atoms with Crippen LogP contribution in [0.4, 0.5) is 11.4 Å². The Kier molecular flexibility index (Phi) is 8.52. The van der Waals surface area contributed by atoms with Crippen LogP contribution in [0.2, 0.25) is 0 Å². The van der Waals surface area contributed by atoms with Crippen LogP contribution in [-0.2, 0) is 17.8 Å². The van der Waals surface area contributed by atoms with Gasteiger partial charge in [-0.3, -0.25) is 19.7 Å². The highest BCUT2D eigenvalue weighted by Gasteiger charge is 2.15. The van der Waals surface area contributed by atoms with Crippen LogP contribution in [0.25, 0.3) is 0 Å². The molecule has 0 bridgehead atoms. The Bertz CT molecular complexity index is 1190. The molecule has 3 aromatic rings. The molecule has 0 aliphatic rings. The molecule has 0 radical (unpaired) electrons. The van der Waals surface area contributed by atoms with Crippen molar-refractivity contribution in [3.05, 3.63) is 88.3 Å². The predicted molar refractivity (Wildman–Crippen MR) is 130 cm³/mol. The van der Waals surface area contributed by atoms with Crippen LogP contribution in [0.5, 0.6) is 0 Å². The maximum absolute atomic E-state index is 12.4. The number of nitro benzene ring substituents is 1. The normalized spacial score (nSPS) is 10.5. The number of amides is 2. The smallest absolute Gasteiger partial charge is 0.269 e. The first-order valence-corrected chi connectivity index (χ1v) is 11.4. The molecule has 10 nitrogen and oxygen atoms in total. The monoisotopic (exact) mass is 480 g/mol. The number of hydrogen-bond donors (Lipinski definition) is 2.